The lowest BCUT2D eigenvalue weighted by atomic mass is 10.2. The number of carbonyl (C=O) groups is 3. The van der Waals surface area contributed by atoms with Gasteiger partial charge in [-0.1, -0.05) is 11.6 Å². The number of aliphatic carboxylic acids is 1. The summed E-state index contributed by atoms with van der Waals surface area (Å²) in [5, 5.41) is 14.1. The van der Waals surface area contributed by atoms with Crippen molar-refractivity contribution in [2.45, 2.75) is 6.42 Å². The molecule has 0 radical (unpaired) electrons. The number of halogens is 1. The zero-order valence-corrected chi connectivity index (χ0v) is 11.4. The Morgan fingerprint density at radius 2 is 2.00 bits per heavy atom. The van der Waals surface area contributed by atoms with Crippen molar-refractivity contribution in [3.05, 3.63) is 28.8 Å². The molecular formula is C13H13ClN2O4. The number of carboxylic acids is 1. The van der Waals surface area contributed by atoms with Gasteiger partial charge in [0.05, 0.1) is 22.5 Å². The van der Waals surface area contributed by atoms with Gasteiger partial charge in [0.25, 0.3) is 5.91 Å². The lowest BCUT2D eigenvalue weighted by molar-refractivity contribution is -0.139. The molecule has 20 heavy (non-hydrogen) atoms. The summed E-state index contributed by atoms with van der Waals surface area (Å²) in [7, 11) is 1.50. The van der Waals surface area contributed by atoms with Crippen LogP contribution in [0.15, 0.2) is 18.2 Å². The zero-order chi connectivity index (χ0) is 14.9. The van der Waals surface area contributed by atoms with Crippen molar-refractivity contribution < 1.29 is 19.5 Å². The van der Waals surface area contributed by atoms with Crippen LogP contribution in [0.4, 0.5) is 5.69 Å². The van der Waals surface area contributed by atoms with E-state index in [0.717, 1.165) is 0 Å². The molecule has 1 aromatic rings. The van der Waals surface area contributed by atoms with Crippen LogP contribution in [-0.4, -0.2) is 29.9 Å². The highest BCUT2D eigenvalue weighted by molar-refractivity contribution is 6.34. The van der Waals surface area contributed by atoms with Crippen LogP contribution in [0.5, 0.6) is 0 Å². The van der Waals surface area contributed by atoms with Gasteiger partial charge < -0.3 is 15.7 Å². The van der Waals surface area contributed by atoms with E-state index >= 15 is 0 Å². The minimum absolute atomic E-state index is 0.290. The van der Waals surface area contributed by atoms with Gasteiger partial charge in [0, 0.05) is 12.6 Å². The molecule has 1 saturated carbocycles. The minimum Gasteiger partial charge on any atom is -0.481 e. The molecule has 2 amide bonds. The normalized spacial score (nSPS) is 20.1. The average Bonchev–Trinajstić information content (AvgIpc) is 3.20. The van der Waals surface area contributed by atoms with Crippen molar-refractivity contribution >= 4 is 35.1 Å². The molecule has 106 valence electrons. The van der Waals surface area contributed by atoms with Crippen LogP contribution in [0.2, 0.25) is 5.02 Å². The van der Waals surface area contributed by atoms with E-state index in [1.165, 1.54) is 25.2 Å². The number of anilines is 1. The quantitative estimate of drug-likeness (QED) is 0.781. The maximum atomic E-state index is 11.9. The molecule has 3 N–H and O–H groups in total. The van der Waals surface area contributed by atoms with Gasteiger partial charge in [0.1, 0.15) is 0 Å². The Labute approximate surface area is 120 Å². The topological polar surface area (TPSA) is 95.5 Å². The molecule has 0 aromatic heterocycles. The third-order valence-electron chi connectivity index (χ3n) is 3.16. The highest BCUT2D eigenvalue weighted by Crippen LogP contribution is 2.39. The number of benzene rings is 1. The molecule has 0 bridgehead atoms. The standard InChI is InChI=1S/C13H13ClN2O4/c1-15-11(17)6-2-3-9(14)10(4-6)16-12(18)7-5-8(7)13(19)20/h2-4,7-8H,5H2,1H3,(H,15,17)(H,16,18)(H,19,20). The predicted molar refractivity (Wildman–Crippen MR) is 72.7 cm³/mol. The second-order valence-electron chi connectivity index (χ2n) is 4.55. The summed E-state index contributed by atoms with van der Waals surface area (Å²) in [6.07, 6.45) is 0.327. The summed E-state index contributed by atoms with van der Waals surface area (Å²) in [6.45, 7) is 0. The molecule has 2 atom stereocenters. The third kappa shape index (κ3) is 2.91. The summed E-state index contributed by atoms with van der Waals surface area (Å²) in [5.74, 6) is -2.83. The molecule has 1 aliphatic carbocycles. The van der Waals surface area contributed by atoms with Crippen LogP contribution in [0.3, 0.4) is 0 Å². The van der Waals surface area contributed by atoms with E-state index in [4.69, 9.17) is 16.7 Å². The summed E-state index contributed by atoms with van der Waals surface area (Å²) in [6, 6.07) is 4.49. The maximum Gasteiger partial charge on any atom is 0.307 e. The van der Waals surface area contributed by atoms with Crippen LogP contribution < -0.4 is 10.6 Å². The first kappa shape index (κ1) is 14.3. The van der Waals surface area contributed by atoms with Gasteiger partial charge in [0.15, 0.2) is 0 Å². The smallest absolute Gasteiger partial charge is 0.307 e. The zero-order valence-electron chi connectivity index (χ0n) is 10.6. The van der Waals surface area contributed by atoms with Gasteiger partial charge in [-0.3, -0.25) is 14.4 Å². The molecular weight excluding hydrogens is 284 g/mol. The minimum atomic E-state index is -0.977. The first-order valence-corrected chi connectivity index (χ1v) is 6.37. The molecule has 0 saturated heterocycles. The van der Waals surface area contributed by atoms with Crippen LogP contribution in [0, 0.1) is 11.8 Å². The Hall–Kier alpha value is -2.08. The number of carbonyl (C=O) groups excluding carboxylic acids is 2. The van der Waals surface area contributed by atoms with Crippen molar-refractivity contribution in [2.24, 2.45) is 11.8 Å². The van der Waals surface area contributed by atoms with Crippen LogP contribution >= 0.6 is 11.6 Å². The molecule has 0 heterocycles. The van der Waals surface area contributed by atoms with E-state index in [9.17, 15) is 14.4 Å². The number of carboxylic acid groups (broad SMARTS) is 1. The number of rotatable bonds is 4. The second kappa shape index (κ2) is 5.50. The average molecular weight is 297 g/mol. The summed E-state index contributed by atoms with van der Waals surface area (Å²) in [4.78, 5) is 34.1. The SMILES string of the molecule is CNC(=O)c1ccc(Cl)c(NC(=O)C2CC2C(=O)O)c1. The van der Waals surface area contributed by atoms with Crippen molar-refractivity contribution in [2.75, 3.05) is 12.4 Å². The van der Waals surface area contributed by atoms with Gasteiger partial charge in [-0.2, -0.15) is 0 Å². The fourth-order valence-corrected chi connectivity index (χ4v) is 2.05. The molecule has 1 aromatic carbocycles. The first-order chi connectivity index (χ1) is 9.43. The van der Waals surface area contributed by atoms with Gasteiger partial charge in [-0.25, -0.2) is 0 Å². The summed E-state index contributed by atoms with van der Waals surface area (Å²) in [5.41, 5.74) is 0.659. The molecule has 1 fully saturated rings. The number of amides is 2. The monoisotopic (exact) mass is 296 g/mol. The molecule has 2 unspecified atom stereocenters. The Kier molecular flexibility index (Phi) is 3.94. The first-order valence-electron chi connectivity index (χ1n) is 5.99. The lowest BCUT2D eigenvalue weighted by Gasteiger charge is -2.08. The van der Waals surface area contributed by atoms with Crippen molar-refractivity contribution in [1.29, 1.82) is 0 Å². The molecule has 1 aliphatic rings. The maximum absolute atomic E-state index is 11.9. The van der Waals surface area contributed by atoms with Crippen LogP contribution in [-0.2, 0) is 9.59 Å². The van der Waals surface area contributed by atoms with Crippen molar-refractivity contribution in [3.8, 4) is 0 Å². The number of hydrogen-bond acceptors (Lipinski definition) is 3. The molecule has 0 aliphatic heterocycles. The van der Waals surface area contributed by atoms with E-state index in [2.05, 4.69) is 10.6 Å². The van der Waals surface area contributed by atoms with Crippen molar-refractivity contribution in [1.82, 2.24) is 5.32 Å². The third-order valence-corrected chi connectivity index (χ3v) is 3.49. The summed E-state index contributed by atoms with van der Waals surface area (Å²) < 4.78 is 0. The van der Waals surface area contributed by atoms with Crippen LogP contribution in [0.25, 0.3) is 0 Å². The number of hydrogen-bond donors (Lipinski definition) is 3. The fraction of sp³-hybridized carbons (Fsp3) is 0.308. The van der Waals surface area contributed by atoms with E-state index in [1.54, 1.807) is 0 Å². The van der Waals surface area contributed by atoms with Gasteiger partial charge in [-0.15, -0.1) is 0 Å². The van der Waals surface area contributed by atoms with E-state index in [1.807, 2.05) is 0 Å². The van der Waals surface area contributed by atoms with E-state index in [-0.39, 0.29) is 5.91 Å². The Morgan fingerprint density at radius 3 is 2.55 bits per heavy atom. The van der Waals surface area contributed by atoms with E-state index < -0.39 is 23.7 Å². The van der Waals surface area contributed by atoms with Gasteiger partial charge >= 0.3 is 5.97 Å². The van der Waals surface area contributed by atoms with Crippen LogP contribution in [0.1, 0.15) is 16.8 Å². The highest BCUT2D eigenvalue weighted by atomic mass is 35.5. The largest absolute Gasteiger partial charge is 0.481 e. The van der Waals surface area contributed by atoms with Crippen molar-refractivity contribution in [3.63, 3.8) is 0 Å². The van der Waals surface area contributed by atoms with Gasteiger partial charge in [0.2, 0.25) is 5.91 Å². The molecule has 2 rings (SSSR count). The fourth-order valence-electron chi connectivity index (χ4n) is 1.89. The number of nitrogens with one attached hydrogen (secondary N) is 2. The Balaban J connectivity index is 2.11. The Morgan fingerprint density at radius 1 is 1.30 bits per heavy atom. The van der Waals surface area contributed by atoms with E-state index in [0.29, 0.717) is 22.7 Å². The molecule has 6 nitrogen and oxygen atoms in total. The predicted octanol–water partition coefficient (Wildman–Crippen LogP) is 1.36. The van der Waals surface area contributed by atoms with Gasteiger partial charge in [-0.05, 0) is 24.6 Å². The highest BCUT2D eigenvalue weighted by Gasteiger charge is 2.48. The Bertz CT molecular complexity index is 588. The molecule has 7 heteroatoms. The summed E-state index contributed by atoms with van der Waals surface area (Å²) >= 11 is 5.95. The second-order valence-corrected chi connectivity index (χ2v) is 4.96. The lowest BCUT2D eigenvalue weighted by Crippen LogP contribution is -2.20. The molecule has 0 spiro atoms.